The van der Waals surface area contributed by atoms with E-state index < -0.39 is 0 Å². The Morgan fingerprint density at radius 1 is 0.955 bits per heavy atom. The van der Waals surface area contributed by atoms with Crippen molar-refractivity contribution in [3.05, 3.63) is 0 Å². The zero-order valence-electron chi connectivity index (χ0n) is 15.7. The lowest BCUT2D eigenvalue weighted by molar-refractivity contribution is -0.0409. The third kappa shape index (κ3) is 11.4. The van der Waals surface area contributed by atoms with E-state index in [1.807, 2.05) is 0 Å². The summed E-state index contributed by atoms with van der Waals surface area (Å²) in [4.78, 5) is 2.31. The van der Waals surface area contributed by atoms with Crippen LogP contribution in [0.5, 0.6) is 0 Å². The summed E-state index contributed by atoms with van der Waals surface area (Å²) in [6, 6.07) is 0. The van der Waals surface area contributed by atoms with Gasteiger partial charge in [0.2, 0.25) is 0 Å². The predicted octanol–water partition coefficient (Wildman–Crippen LogP) is 1.27. The normalized spacial score (nSPS) is 14.6. The van der Waals surface area contributed by atoms with Gasteiger partial charge in [-0.25, -0.2) is 0 Å². The third-order valence-corrected chi connectivity index (χ3v) is 3.83. The quantitative estimate of drug-likeness (QED) is 0.501. The fourth-order valence-corrected chi connectivity index (χ4v) is 2.18. The van der Waals surface area contributed by atoms with Crippen LogP contribution in [0.15, 0.2) is 0 Å². The lowest BCUT2D eigenvalue weighted by Gasteiger charge is -2.33. The second-order valence-corrected chi connectivity index (χ2v) is 8.11. The van der Waals surface area contributed by atoms with Crippen LogP contribution < -0.4 is 16.8 Å². The molecule has 1 atom stereocenters. The van der Waals surface area contributed by atoms with Crippen LogP contribution in [0.25, 0.3) is 0 Å². The molecule has 0 fully saturated rings. The van der Waals surface area contributed by atoms with Gasteiger partial charge >= 0.3 is 0 Å². The van der Waals surface area contributed by atoms with Crippen molar-refractivity contribution in [2.24, 2.45) is 22.8 Å². The Labute approximate surface area is 138 Å². The molecule has 0 aromatic heterocycles. The highest BCUT2D eigenvalue weighted by Crippen LogP contribution is 2.27. The van der Waals surface area contributed by atoms with Gasteiger partial charge < -0.3 is 21.5 Å². The second-order valence-electron chi connectivity index (χ2n) is 8.11. The first-order valence-corrected chi connectivity index (χ1v) is 8.57. The van der Waals surface area contributed by atoms with E-state index in [4.69, 9.17) is 16.2 Å². The van der Waals surface area contributed by atoms with Gasteiger partial charge in [0, 0.05) is 45.8 Å². The lowest BCUT2D eigenvalue weighted by atomic mass is 9.81. The minimum atomic E-state index is -0.0808. The maximum absolute atomic E-state index is 5.99. The molecule has 0 saturated carbocycles. The molecule has 0 aliphatic carbocycles. The molecule has 0 aliphatic heterocycles. The number of ether oxygens (including phenoxy) is 1. The Bertz CT molecular complexity index is 265. The first kappa shape index (κ1) is 21.8. The molecule has 0 radical (unpaired) electrons. The maximum atomic E-state index is 5.99. The minimum Gasteiger partial charge on any atom is -0.376 e. The molecule has 0 heterocycles. The van der Waals surface area contributed by atoms with E-state index in [0.29, 0.717) is 19.0 Å². The Hall–Kier alpha value is -0.200. The average Bonchev–Trinajstić information content (AvgIpc) is 2.35. The molecule has 0 saturated heterocycles. The zero-order chi connectivity index (χ0) is 17.2. The molecule has 0 rings (SSSR count). The van der Waals surface area contributed by atoms with Gasteiger partial charge in [-0.2, -0.15) is 0 Å². The van der Waals surface area contributed by atoms with Gasteiger partial charge in [0.15, 0.2) is 0 Å². The predicted molar refractivity (Wildman–Crippen MR) is 96.1 cm³/mol. The highest BCUT2D eigenvalue weighted by molar-refractivity contribution is 4.77. The first-order chi connectivity index (χ1) is 10.1. The monoisotopic (exact) mass is 316 g/mol. The van der Waals surface area contributed by atoms with Crippen molar-refractivity contribution < 1.29 is 4.74 Å². The average molecular weight is 317 g/mol. The summed E-state index contributed by atoms with van der Waals surface area (Å²) in [5, 5.41) is 3.57. The third-order valence-electron chi connectivity index (χ3n) is 3.83. The molecule has 5 nitrogen and oxygen atoms in total. The first-order valence-electron chi connectivity index (χ1n) is 8.57. The van der Waals surface area contributed by atoms with Crippen molar-refractivity contribution >= 4 is 0 Å². The van der Waals surface area contributed by atoms with Gasteiger partial charge in [0.25, 0.3) is 0 Å². The van der Waals surface area contributed by atoms with Crippen molar-refractivity contribution in [3.8, 4) is 0 Å². The molecule has 0 aromatic rings. The van der Waals surface area contributed by atoms with Gasteiger partial charge in [-0.15, -0.1) is 0 Å². The molecule has 1 unspecified atom stereocenters. The molecular weight excluding hydrogens is 276 g/mol. The number of hydrogen-bond acceptors (Lipinski definition) is 5. The highest BCUT2D eigenvalue weighted by atomic mass is 16.5. The van der Waals surface area contributed by atoms with Crippen LogP contribution in [0.2, 0.25) is 0 Å². The fraction of sp³-hybridized carbons (Fsp3) is 1.00. The summed E-state index contributed by atoms with van der Waals surface area (Å²) in [5.41, 5.74) is 11.4. The maximum Gasteiger partial charge on any atom is 0.0598 e. The summed E-state index contributed by atoms with van der Waals surface area (Å²) in [6.07, 6.45) is 0. The number of nitrogens with two attached hydrogens (primary N) is 2. The molecule has 5 heteroatoms. The van der Waals surface area contributed by atoms with Crippen LogP contribution in [0, 0.1) is 11.3 Å². The molecule has 0 bridgehead atoms. The molecule has 0 aliphatic rings. The summed E-state index contributed by atoms with van der Waals surface area (Å²) < 4.78 is 5.99. The van der Waals surface area contributed by atoms with Gasteiger partial charge in [-0.05, 0) is 32.1 Å². The van der Waals surface area contributed by atoms with Crippen molar-refractivity contribution in [1.29, 1.82) is 0 Å². The van der Waals surface area contributed by atoms with Gasteiger partial charge in [0.1, 0.15) is 0 Å². The second kappa shape index (κ2) is 10.6. The summed E-state index contributed by atoms with van der Waals surface area (Å²) in [6.45, 7) is 20.1. The van der Waals surface area contributed by atoms with Gasteiger partial charge in [-0.1, -0.05) is 20.8 Å². The highest BCUT2D eigenvalue weighted by Gasteiger charge is 2.26. The summed E-state index contributed by atoms with van der Waals surface area (Å²) >= 11 is 0. The van der Waals surface area contributed by atoms with Gasteiger partial charge in [0.05, 0.1) is 12.2 Å². The van der Waals surface area contributed by atoms with Crippen LogP contribution in [0.1, 0.15) is 41.5 Å². The molecule has 0 spiro atoms. The van der Waals surface area contributed by atoms with Crippen LogP contribution >= 0.6 is 0 Å². The summed E-state index contributed by atoms with van der Waals surface area (Å²) in [5.74, 6) is 0.490. The van der Waals surface area contributed by atoms with Crippen molar-refractivity contribution in [1.82, 2.24) is 10.2 Å². The van der Waals surface area contributed by atoms with Crippen molar-refractivity contribution in [2.45, 2.75) is 47.1 Å². The van der Waals surface area contributed by atoms with Crippen molar-refractivity contribution in [3.63, 3.8) is 0 Å². The van der Waals surface area contributed by atoms with Crippen molar-refractivity contribution in [2.75, 3.05) is 52.4 Å². The van der Waals surface area contributed by atoms with Crippen LogP contribution in [-0.2, 0) is 4.74 Å². The summed E-state index contributed by atoms with van der Waals surface area (Å²) in [7, 11) is 0. The van der Waals surface area contributed by atoms with Gasteiger partial charge in [-0.3, -0.25) is 4.90 Å². The van der Waals surface area contributed by atoms with E-state index in [1.165, 1.54) is 0 Å². The minimum absolute atomic E-state index is 0.0808. The molecule has 0 aromatic carbocycles. The van der Waals surface area contributed by atoms with E-state index in [-0.39, 0.29) is 11.0 Å². The van der Waals surface area contributed by atoms with Crippen LogP contribution in [0.3, 0.4) is 0 Å². The standard InChI is InChI=1S/C17H40N4O/c1-16(2,3)15(14-22-17(4,5)6)13-20-9-12-21(10-7-18)11-8-19/h15,20H,7-14,18-19H2,1-6H3. The van der Waals surface area contributed by atoms with E-state index in [2.05, 4.69) is 51.8 Å². The number of hydrogen-bond donors (Lipinski definition) is 3. The number of nitrogens with zero attached hydrogens (tertiary/aromatic N) is 1. The Morgan fingerprint density at radius 2 is 1.50 bits per heavy atom. The fourth-order valence-electron chi connectivity index (χ4n) is 2.18. The lowest BCUT2D eigenvalue weighted by Crippen LogP contribution is -2.42. The smallest absolute Gasteiger partial charge is 0.0598 e. The Kier molecular flexibility index (Phi) is 10.5. The number of rotatable bonds is 11. The molecule has 0 amide bonds. The van der Waals surface area contributed by atoms with Crippen LogP contribution in [0.4, 0.5) is 0 Å². The molecule has 22 heavy (non-hydrogen) atoms. The topological polar surface area (TPSA) is 76.5 Å². The van der Waals surface area contributed by atoms with Crippen LogP contribution in [-0.4, -0.2) is 62.9 Å². The van der Waals surface area contributed by atoms with E-state index >= 15 is 0 Å². The van der Waals surface area contributed by atoms with E-state index in [0.717, 1.165) is 39.3 Å². The Balaban J connectivity index is 4.17. The van der Waals surface area contributed by atoms with E-state index in [9.17, 15) is 0 Å². The molecule has 5 N–H and O–H groups in total. The van der Waals surface area contributed by atoms with E-state index in [1.54, 1.807) is 0 Å². The molecule has 134 valence electrons. The SMILES string of the molecule is CC(C)(C)OCC(CNCCN(CCN)CCN)C(C)(C)C. The largest absolute Gasteiger partial charge is 0.376 e. The molecular formula is C17H40N4O. The Morgan fingerprint density at radius 3 is 1.91 bits per heavy atom. The number of nitrogens with one attached hydrogen (secondary N) is 1. The zero-order valence-corrected chi connectivity index (χ0v) is 15.7.